The molecule has 1 aliphatic rings. The van der Waals surface area contributed by atoms with Crippen LogP contribution in [-0.4, -0.2) is 30.0 Å². The summed E-state index contributed by atoms with van der Waals surface area (Å²) in [6, 6.07) is 3.05. The maximum Gasteiger partial charge on any atom is 0.492 e. The highest BCUT2D eigenvalue weighted by molar-refractivity contribution is 6.56. The average molecular weight is 363 g/mol. The molecule has 1 aromatic rings. The molecule has 1 aliphatic heterocycles. The van der Waals surface area contributed by atoms with E-state index in [0.29, 0.717) is 11.0 Å². The van der Waals surface area contributed by atoms with Crippen LogP contribution in [0.4, 0.5) is 13.2 Å². The zero-order chi connectivity index (χ0) is 18.3. The Bertz CT molecular complexity index is 640. The molecule has 1 aromatic carbocycles. The van der Waals surface area contributed by atoms with E-state index in [1.165, 1.54) is 12.1 Å². The Morgan fingerprint density at radius 1 is 1.21 bits per heavy atom. The van der Waals surface area contributed by atoms with Crippen LogP contribution in [0.3, 0.4) is 0 Å². The molecule has 8 heteroatoms. The molecule has 0 bridgehead atoms. The van der Waals surface area contributed by atoms with Crippen LogP contribution in [0.1, 0.15) is 38.8 Å². The molecule has 132 valence electrons. The number of rotatable bonds is 3. The van der Waals surface area contributed by atoms with E-state index in [4.69, 9.17) is 20.9 Å². The molecule has 24 heavy (non-hydrogen) atoms. The van der Waals surface area contributed by atoms with Crippen molar-refractivity contribution in [1.29, 1.82) is 0 Å². The van der Waals surface area contributed by atoms with Crippen molar-refractivity contribution >= 4 is 24.8 Å². The van der Waals surface area contributed by atoms with Gasteiger partial charge in [0.15, 0.2) is 0 Å². The molecule has 1 heterocycles. The molecule has 0 unspecified atom stereocenters. The molecule has 0 amide bonds. The summed E-state index contributed by atoms with van der Waals surface area (Å²) in [5.74, 6) is 0. The molecule has 1 N–H and O–H groups in total. The second kappa shape index (κ2) is 6.37. The van der Waals surface area contributed by atoms with E-state index >= 15 is 0 Å². The van der Waals surface area contributed by atoms with Crippen LogP contribution in [0.15, 0.2) is 23.7 Å². The number of aliphatic hydroxyl groups is 1. The number of hydrogen-bond donors (Lipinski definition) is 1. The molecule has 3 nitrogen and oxygen atoms in total. The molecule has 0 radical (unpaired) electrons. The van der Waals surface area contributed by atoms with E-state index in [9.17, 15) is 18.3 Å². The number of aliphatic hydroxyl groups excluding tert-OH is 1. The zero-order valence-electron chi connectivity index (χ0n) is 13.9. The molecule has 1 fully saturated rings. The Kier molecular flexibility index (Phi) is 5.13. The Morgan fingerprint density at radius 3 is 2.17 bits per heavy atom. The van der Waals surface area contributed by atoms with Gasteiger partial charge in [-0.15, -0.1) is 0 Å². The van der Waals surface area contributed by atoms with Gasteiger partial charge in [0, 0.05) is 5.02 Å². The molecule has 0 saturated carbocycles. The molecular weight excluding hydrogens is 343 g/mol. The predicted octanol–water partition coefficient (Wildman–Crippen LogP) is 4.37. The number of hydrogen-bond acceptors (Lipinski definition) is 3. The Hall–Kier alpha value is -1.02. The minimum absolute atomic E-state index is 0.0627. The fourth-order valence-corrected chi connectivity index (χ4v) is 2.44. The molecule has 2 rings (SSSR count). The lowest BCUT2D eigenvalue weighted by Crippen LogP contribution is -2.41. The monoisotopic (exact) mass is 362 g/mol. The van der Waals surface area contributed by atoms with Crippen LogP contribution in [0.2, 0.25) is 5.02 Å². The highest BCUT2D eigenvalue weighted by atomic mass is 35.5. The second-order valence-electron chi connectivity index (χ2n) is 6.70. The standard InChI is InChI=1S/C16H19BClF3O3/c1-14(2)15(3,4)24-17(23-14)12(9-22)7-10-5-6-11(8-13(10)18)16(19,20)21/h5-8,22H,9H2,1-4H3. The fraction of sp³-hybridized carbons (Fsp3) is 0.500. The van der Waals surface area contributed by atoms with Gasteiger partial charge in [0.1, 0.15) is 0 Å². The van der Waals surface area contributed by atoms with Gasteiger partial charge in [-0.05, 0) is 50.9 Å². The number of halogens is 4. The second-order valence-corrected chi connectivity index (χ2v) is 7.11. The molecule has 0 atom stereocenters. The van der Waals surface area contributed by atoms with E-state index in [-0.39, 0.29) is 11.6 Å². The normalized spacial score (nSPS) is 20.5. The Morgan fingerprint density at radius 2 is 1.75 bits per heavy atom. The summed E-state index contributed by atoms with van der Waals surface area (Å²) in [5.41, 5.74) is -1.27. The average Bonchev–Trinajstić information content (AvgIpc) is 2.64. The zero-order valence-corrected chi connectivity index (χ0v) is 14.6. The van der Waals surface area contributed by atoms with Gasteiger partial charge in [0.2, 0.25) is 0 Å². The lowest BCUT2D eigenvalue weighted by Gasteiger charge is -2.32. The van der Waals surface area contributed by atoms with Gasteiger partial charge in [-0.3, -0.25) is 0 Å². The number of alkyl halides is 3. The predicted molar refractivity (Wildman–Crippen MR) is 87.6 cm³/mol. The summed E-state index contributed by atoms with van der Waals surface area (Å²) in [7, 11) is -0.793. The van der Waals surface area contributed by atoms with Gasteiger partial charge in [-0.2, -0.15) is 13.2 Å². The molecule has 0 aliphatic carbocycles. The van der Waals surface area contributed by atoms with Gasteiger partial charge < -0.3 is 14.4 Å². The lowest BCUT2D eigenvalue weighted by molar-refractivity contribution is -0.137. The van der Waals surface area contributed by atoms with E-state index in [1.807, 2.05) is 27.7 Å². The summed E-state index contributed by atoms with van der Waals surface area (Å²) >= 11 is 5.95. The third-order valence-corrected chi connectivity index (χ3v) is 4.73. The van der Waals surface area contributed by atoms with Crippen LogP contribution in [-0.2, 0) is 15.5 Å². The maximum atomic E-state index is 12.7. The van der Waals surface area contributed by atoms with Gasteiger partial charge in [-0.25, -0.2) is 0 Å². The highest BCUT2D eigenvalue weighted by Gasteiger charge is 2.52. The minimum atomic E-state index is -4.46. The quantitative estimate of drug-likeness (QED) is 0.812. The molecule has 1 saturated heterocycles. The van der Waals surface area contributed by atoms with Gasteiger partial charge in [0.05, 0.1) is 23.4 Å². The lowest BCUT2D eigenvalue weighted by atomic mass is 9.77. The van der Waals surface area contributed by atoms with Crippen molar-refractivity contribution in [3.63, 3.8) is 0 Å². The van der Waals surface area contributed by atoms with Crippen LogP contribution in [0.25, 0.3) is 6.08 Å². The van der Waals surface area contributed by atoms with Gasteiger partial charge in [0.25, 0.3) is 0 Å². The summed E-state index contributed by atoms with van der Waals surface area (Å²) in [6.07, 6.45) is -2.97. The van der Waals surface area contributed by atoms with Crippen molar-refractivity contribution in [3.05, 3.63) is 39.8 Å². The first-order valence-corrected chi connectivity index (χ1v) is 7.79. The molecular formula is C16H19BClF3O3. The smallest absolute Gasteiger partial charge is 0.400 e. The van der Waals surface area contributed by atoms with Gasteiger partial charge in [-0.1, -0.05) is 23.7 Å². The van der Waals surface area contributed by atoms with Gasteiger partial charge >= 0.3 is 13.3 Å². The summed E-state index contributed by atoms with van der Waals surface area (Å²) in [6.45, 7) is 7.11. The van der Waals surface area contributed by atoms with Crippen molar-refractivity contribution in [2.75, 3.05) is 6.61 Å². The van der Waals surface area contributed by atoms with Crippen molar-refractivity contribution in [3.8, 4) is 0 Å². The van der Waals surface area contributed by atoms with Crippen LogP contribution in [0.5, 0.6) is 0 Å². The molecule has 0 aromatic heterocycles. The first kappa shape index (κ1) is 19.3. The topological polar surface area (TPSA) is 38.7 Å². The first-order valence-electron chi connectivity index (χ1n) is 7.41. The van der Waals surface area contributed by atoms with E-state index in [1.54, 1.807) is 0 Å². The highest BCUT2D eigenvalue weighted by Crippen LogP contribution is 2.39. The molecule has 0 spiro atoms. The van der Waals surface area contributed by atoms with Crippen LogP contribution >= 0.6 is 11.6 Å². The van der Waals surface area contributed by atoms with Crippen LogP contribution < -0.4 is 0 Å². The van der Waals surface area contributed by atoms with Crippen LogP contribution in [0, 0.1) is 0 Å². The largest absolute Gasteiger partial charge is 0.492 e. The minimum Gasteiger partial charge on any atom is -0.400 e. The Balaban J connectivity index is 2.32. The summed E-state index contributed by atoms with van der Waals surface area (Å²) < 4.78 is 49.7. The van der Waals surface area contributed by atoms with Crippen molar-refractivity contribution in [2.45, 2.75) is 45.1 Å². The van der Waals surface area contributed by atoms with E-state index in [0.717, 1.165) is 12.1 Å². The third kappa shape index (κ3) is 3.80. The Labute approximate surface area is 144 Å². The summed E-state index contributed by atoms with van der Waals surface area (Å²) in [5, 5.41) is 9.55. The van der Waals surface area contributed by atoms with Crippen molar-refractivity contribution in [1.82, 2.24) is 0 Å². The first-order chi connectivity index (χ1) is 10.9. The van der Waals surface area contributed by atoms with E-state index in [2.05, 4.69) is 0 Å². The SMILES string of the molecule is CC1(C)OB(C(=Cc2ccc(C(F)(F)F)cc2Cl)CO)OC1(C)C. The maximum absolute atomic E-state index is 12.7. The van der Waals surface area contributed by atoms with Crippen molar-refractivity contribution in [2.24, 2.45) is 0 Å². The fourth-order valence-electron chi connectivity index (χ4n) is 2.20. The van der Waals surface area contributed by atoms with Crippen molar-refractivity contribution < 1.29 is 27.6 Å². The summed E-state index contributed by atoms with van der Waals surface area (Å²) in [4.78, 5) is 0. The third-order valence-electron chi connectivity index (χ3n) is 4.41. The van der Waals surface area contributed by atoms with E-state index < -0.39 is 30.1 Å². The number of benzene rings is 1.